The first kappa shape index (κ1) is 20.0. The van der Waals surface area contributed by atoms with Gasteiger partial charge in [-0.15, -0.1) is 0 Å². The van der Waals surface area contributed by atoms with E-state index in [1.165, 1.54) is 0 Å². The molecule has 0 fully saturated rings. The van der Waals surface area contributed by atoms with Gasteiger partial charge in [0.25, 0.3) is 0 Å². The number of para-hydroxylation sites is 1. The third-order valence-corrected chi connectivity index (χ3v) is 7.11. The fourth-order valence-corrected chi connectivity index (χ4v) is 5.40. The number of anilines is 4. The molecule has 1 aliphatic rings. The van der Waals surface area contributed by atoms with Crippen LogP contribution in [-0.2, 0) is 16.3 Å². The Bertz CT molecular complexity index is 1440. The van der Waals surface area contributed by atoms with E-state index in [0.717, 1.165) is 22.2 Å². The number of nitrogens with one attached hydrogen (secondary N) is 3. The number of carbonyl (C=O) groups is 1. The van der Waals surface area contributed by atoms with Crippen molar-refractivity contribution in [3.8, 4) is 0 Å². The fourth-order valence-electron chi connectivity index (χ4n) is 3.85. The number of carbonyl (C=O) groups excluding carboxylic acids is 1. The number of aromatic nitrogens is 1. The molecule has 2 heterocycles. The molecule has 160 valence electrons. The van der Waals surface area contributed by atoms with Gasteiger partial charge in [-0.3, -0.25) is 0 Å². The van der Waals surface area contributed by atoms with Crippen LogP contribution >= 0.6 is 0 Å². The number of aryl methyl sites for hydroxylation is 1. The van der Waals surface area contributed by atoms with Crippen LogP contribution in [0.5, 0.6) is 0 Å². The molecular weight excluding hydrogens is 424 g/mol. The van der Waals surface area contributed by atoms with Crippen LogP contribution in [0.4, 0.5) is 27.7 Å². The van der Waals surface area contributed by atoms with Gasteiger partial charge in [0.1, 0.15) is 5.82 Å². The van der Waals surface area contributed by atoms with Gasteiger partial charge in [0.05, 0.1) is 16.2 Å². The third kappa shape index (κ3) is 4.00. The molecule has 0 aliphatic carbocycles. The van der Waals surface area contributed by atoms with Crippen molar-refractivity contribution >= 4 is 49.7 Å². The van der Waals surface area contributed by atoms with Crippen molar-refractivity contribution in [2.24, 2.45) is 0 Å². The molecule has 4 aromatic rings. The molecule has 0 saturated heterocycles. The number of sulfone groups is 1. The van der Waals surface area contributed by atoms with E-state index in [2.05, 4.69) is 20.9 Å². The first-order chi connectivity index (χ1) is 15.5. The summed E-state index contributed by atoms with van der Waals surface area (Å²) in [5.41, 5.74) is 3.68. The minimum absolute atomic E-state index is 0.152. The summed E-state index contributed by atoms with van der Waals surface area (Å²) in [5, 5.41) is 9.70. The maximum Gasteiger partial charge on any atom is 0.323 e. The van der Waals surface area contributed by atoms with E-state index in [9.17, 15) is 13.2 Å². The Balaban J connectivity index is 1.33. The lowest BCUT2D eigenvalue weighted by atomic mass is 10.1. The van der Waals surface area contributed by atoms with Gasteiger partial charge in [0, 0.05) is 22.4 Å². The molecule has 0 saturated carbocycles. The summed E-state index contributed by atoms with van der Waals surface area (Å²) in [6, 6.07) is 23.3. The zero-order chi connectivity index (χ0) is 22.1. The Labute approximate surface area is 185 Å². The smallest absolute Gasteiger partial charge is 0.323 e. The molecule has 2 amide bonds. The Kier molecular flexibility index (Phi) is 4.99. The Morgan fingerprint density at radius 3 is 2.41 bits per heavy atom. The van der Waals surface area contributed by atoms with Crippen molar-refractivity contribution in [1.82, 2.24) is 4.98 Å². The second-order valence-electron chi connectivity index (χ2n) is 7.53. The summed E-state index contributed by atoms with van der Waals surface area (Å²) in [6.07, 6.45) is 0.516. The Morgan fingerprint density at radius 2 is 1.56 bits per heavy atom. The first-order valence-electron chi connectivity index (χ1n) is 10.1. The van der Waals surface area contributed by atoms with Gasteiger partial charge in [-0.25, -0.2) is 18.2 Å². The van der Waals surface area contributed by atoms with Crippen molar-refractivity contribution in [2.75, 3.05) is 21.7 Å². The number of hydrogen-bond acceptors (Lipinski definition) is 5. The topological polar surface area (TPSA) is 100 Å². The number of amides is 2. The number of pyridine rings is 1. The van der Waals surface area contributed by atoms with Crippen LogP contribution < -0.4 is 16.0 Å². The zero-order valence-electron chi connectivity index (χ0n) is 17.0. The van der Waals surface area contributed by atoms with Crippen molar-refractivity contribution in [3.05, 3.63) is 84.4 Å². The largest absolute Gasteiger partial charge is 0.340 e. The molecule has 5 rings (SSSR count). The van der Waals surface area contributed by atoms with E-state index < -0.39 is 9.84 Å². The molecule has 0 spiro atoms. The predicted molar refractivity (Wildman–Crippen MR) is 126 cm³/mol. The molecule has 32 heavy (non-hydrogen) atoms. The summed E-state index contributed by atoms with van der Waals surface area (Å²) < 4.78 is 24.3. The molecule has 0 bridgehead atoms. The molecule has 3 N–H and O–H groups in total. The van der Waals surface area contributed by atoms with Crippen LogP contribution in [0.1, 0.15) is 5.56 Å². The standard InChI is InChI=1S/C24H20N4O3S/c29-24(26-16-5-2-1-3-6-16)27-18-8-4-7-17(15-18)25-23-12-9-19-20-13-14-32(30,31)22(20)11-10-21(19)28-23/h1-12,15H,13-14H2,(H,25,28)(H2,26,27,29). The SMILES string of the molecule is O=C(Nc1ccccc1)Nc1cccc(Nc2ccc3c4c(ccc3n2)S(=O)(=O)CC4)c1. The Hall–Kier alpha value is -3.91. The van der Waals surface area contributed by atoms with E-state index in [1.54, 1.807) is 18.2 Å². The lowest BCUT2D eigenvalue weighted by Gasteiger charge is -2.11. The van der Waals surface area contributed by atoms with Gasteiger partial charge >= 0.3 is 6.03 Å². The predicted octanol–water partition coefficient (Wildman–Crippen LogP) is 4.95. The quantitative estimate of drug-likeness (QED) is 0.413. The number of rotatable bonds is 4. The summed E-state index contributed by atoms with van der Waals surface area (Å²) in [5.74, 6) is 0.781. The van der Waals surface area contributed by atoms with Crippen LogP contribution in [0.2, 0.25) is 0 Å². The molecule has 1 aliphatic heterocycles. The molecule has 0 atom stereocenters. The molecule has 0 unspecified atom stereocenters. The number of benzene rings is 3. The number of nitrogens with zero attached hydrogens (tertiary/aromatic N) is 1. The fraction of sp³-hybridized carbons (Fsp3) is 0.0833. The average molecular weight is 445 g/mol. The van der Waals surface area contributed by atoms with Crippen LogP contribution in [-0.4, -0.2) is 25.2 Å². The van der Waals surface area contributed by atoms with Crippen molar-refractivity contribution < 1.29 is 13.2 Å². The molecular formula is C24H20N4O3S. The minimum Gasteiger partial charge on any atom is -0.340 e. The van der Waals surface area contributed by atoms with E-state index in [1.807, 2.05) is 60.7 Å². The van der Waals surface area contributed by atoms with Crippen LogP contribution in [0.3, 0.4) is 0 Å². The summed E-state index contributed by atoms with van der Waals surface area (Å²) in [7, 11) is -3.17. The van der Waals surface area contributed by atoms with Gasteiger partial charge < -0.3 is 16.0 Å². The first-order valence-corrected chi connectivity index (χ1v) is 11.8. The highest BCUT2D eigenvalue weighted by atomic mass is 32.2. The van der Waals surface area contributed by atoms with Gasteiger partial charge in [0.15, 0.2) is 9.84 Å². The highest BCUT2D eigenvalue weighted by Gasteiger charge is 2.27. The van der Waals surface area contributed by atoms with Gasteiger partial charge in [-0.05, 0) is 66.6 Å². The third-order valence-electron chi connectivity index (χ3n) is 5.32. The summed E-state index contributed by atoms with van der Waals surface area (Å²) in [4.78, 5) is 17.3. The van der Waals surface area contributed by atoms with Crippen molar-refractivity contribution in [2.45, 2.75) is 11.3 Å². The van der Waals surface area contributed by atoms with Crippen molar-refractivity contribution in [3.63, 3.8) is 0 Å². The molecule has 3 aromatic carbocycles. The van der Waals surface area contributed by atoms with Gasteiger partial charge in [-0.2, -0.15) is 0 Å². The summed E-state index contributed by atoms with van der Waals surface area (Å²) in [6.45, 7) is 0. The van der Waals surface area contributed by atoms with Crippen molar-refractivity contribution in [1.29, 1.82) is 0 Å². The maximum absolute atomic E-state index is 12.2. The van der Waals surface area contributed by atoms with Gasteiger partial charge in [0.2, 0.25) is 0 Å². The van der Waals surface area contributed by atoms with E-state index in [0.29, 0.717) is 28.5 Å². The Morgan fingerprint density at radius 1 is 0.812 bits per heavy atom. The molecule has 0 radical (unpaired) electrons. The highest BCUT2D eigenvalue weighted by Crippen LogP contribution is 2.32. The van der Waals surface area contributed by atoms with Crippen LogP contribution in [0, 0.1) is 0 Å². The number of urea groups is 1. The zero-order valence-corrected chi connectivity index (χ0v) is 17.8. The van der Waals surface area contributed by atoms with E-state index in [-0.39, 0.29) is 11.8 Å². The summed E-state index contributed by atoms with van der Waals surface area (Å²) >= 11 is 0. The van der Waals surface area contributed by atoms with Crippen LogP contribution in [0.25, 0.3) is 10.9 Å². The number of fused-ring (bicyclic) bond motifs is 3. The van der Waals surface area contributed by atoms with E-state index in [4.69, 9.17) is 0 Å². The maximum atomic E-state index is 12.2. The lowest BCUT2D eigenvalue weighted by Crippen LogP contribution is -2.19. The molecule has 8 heteroatoms. The molecule has 1 aromatic heterocycles. The normalized spacial score (nSPS) is 14.0. The van der Waals surface area contributed by atoms with E-state index >= 15 is 0 Å². The monoisotopic (exact) mass is 444 g/mol. The minimum atomic E-state index is -3.17. The second-order valence-corrected chi connectivity index (χ2v) is 9.60. The highest BCUT2D eigenvalue weighted by molar-refractivity contribution is 7.91. The average Bonchev–Trinajstić information content (AvgIpc) is 3.09. The van der Waals surface area contributed by atoms with Crippen LogP contribution in [0.15, 0.2) is 83.8 Å². The second kappa shape index (κ2) is 7.97. The molecule has 7 nitrogen and oxygen atoms in total. The lowest BCUT2D eigenvalue weighted by molar-refractivity contribution is 0.262. The van der Waals surface area contributed by atoms with Gasteiger partial charge in [-0.1, -0.05) is 24.3 Å². The number of hydrogen-bond donors (Lipinski definition) is 3.